The second-order valence-corrected chi connectivity index (χ2v) is 9.18. The SMILES string of the molecule is [B][P+]1(O)OC[C@H]2O[C@@H](n3c(CCCCOCCOCC)nc4c(N)ncnc43)C(O)[C@@H]2O1. The van der Waals surface area contributed by atoms with Crippen molar-refractivity contribution in [3.8, 4) is 0 Å². The van der Waals surface area contributed by atoms with E-state index >= 15 is 0 Å². The molecule has 4 heterocycles. The van der Waals surface area contributed by atoms with Crippen LogP contribution in [0.2, 0.25) is 0 Å². The molecule has 5 atom stereocenters. The van der Waals surface area contributed by atoms with Gasteiger partial charge in [-0.25, -0.2) is 19.8 Å². The highest BCUT2D eigenvalue weighted by atomic mass is 31.2. The number of fused-ring (bicyclic) bond motifs is 2. The lowest BCUT2D eigenvalue weighted by molar-refractivity contribution is -0.0611. The number of aliphatic hydroxyl groups excluding tert-OH is 1. The van der Waals surface area contributed by atoms with Crippen LogP contribution in [0.3, 0.4) is 0 Å². The predicted molar refractivity (Wildman–Crippen MR) is 116 cm³/mol. The Morgan fingerprint density at radius 1 is 1.28 bits per heavy atom. The van der Waals surface area contributed by atoms with E-state index in [1.807, 2.05) is 6.92 Å². The molecule has 14 heteroatoms. The average molecular weight is 468 g/mol. The van der Waals surface area contributed by atoms with Gasteiger partial charge in [-0.3, -0.25) is 4.57 Å². The molecular weight excluding hydrogens is 440 g/mol. The molecular formula is C18H28BN5O7P+. The van der Waals surface area contributed by atoms with Gasteiger partial charge in [-0.2, -0.15) is 9.05 Å². The van der Waals surface area contributed by atoms with Crippen LogP contribution in [0.25, 0.3) is 11.2 Å². The van der Waals surface area contributed by atoms with Crippen molar-refractivity contribution in [2.75, 3.05) is 38.8 Å². The number of hydrogen-bond donors (Lipinski definition) is 3. The molecule has 12 nitrogen and oxygen atoms in total. The molecule has 32 heavy (non-hydrogen) atoms. The first kappa shape index (κ1) is 23.7. The van der Waals surface area contributed by atoms with Gasteiger partial charge in [0.05, 0.1) is 13.2 Å². The van der Waals surface area contributed by atoms with Crippen molar-refractivity contribution in [1.82, 2.24) is 19.5 Å². The summed E-state index contributed by atoms with van der Waals surface area (Å²) in [4.78, 5) is 22.9. The van der Waals surface area contributed by atoms with Gasteiger partial charge in [0.2, 0.25) is 0 Å². The summed E-state index contributed by atoms with van der Waals surface area (Å²) in [6, 6.07) is 0. The van der Waals surface area contributed by atoms with E-state index in [0.29, 0.717) is 49.8 Å². The van der Waals surface area contributed by atoms with E-state index in [-0.39, 0.29) is 12.4 Å². The van der Waals surface area contributed by atoms with Gasteiger partial charge in [0, 0.05) is 19.6 Å². The van der Waals surface area contributed by atoms with E-state index in [1.54, 1.807) is 4.57 Å². The number of unbranched alkanes of at least 4 members (excludes halogenated alkanes) is 1. The first-order chi connectivity index (χ1) is 15.4. The Balaban J connectivity index is 1.49. The van der Waals surface area contributed by atoms with Gasteiger partial charge in [-0.05, 0) is 19.8 Å². The fraction of sp³-hybridized carbons (Fsp3) is 0.722. The van der Waals surface area contributed by atoms with E-state index in [2.05, 4.69) is 15.0 Å². The molecule has 2 aliphatic rings. The van der Waals surface area contributed by atoms with Crippen molar-refractivity contribution in [1.29, 1.82) is 0 Å². The maximum absolute atomic E-state index is 10.9. The molecule has 2 aromatic rings. The first-order valence-electron chi connectivity index (χ1n) is 10.6. The first-order valence-corrected chi connectivity index (χ1v) is 12.3. The van der Waals surface area contributed by atoms with Crippen LogP contribution in [0.5, 0.6) is 0 Å². The van der Waals surface area contributed by atoms with Crippen LogP contribution in [0.4, 0.5) is 5.82 Å². The van der Waals surface area contributed by atoms with Crippen molar-refractivity contribution >= 4 is 32.4 Å². The molecule has 2 fully saturated rings. The number of hydrogen-bond acceptors (Lipinski definition) is 11. The number of anilines is 1. The van der Waals surface area contributed by atoms with Crippen molar-refractivity contribution < 1.29 is 33.3 Å². The highest BCUT2D eigenvalue weighted by Gasteiger charge is 2.57. The normalized spacial score (nSPS) is 30.1. The second-order valence-electron chi connectivity index (χ2n) is 7.58. The number of nitrogens with zero attached hydrogens (tertiary/aromatic N) is 4. The van der Waals surface area contributed by atoms with Gasteiger partial charge in [0.25, 0.3) is 0 Å². The standard InChI is InChI=1S/C18H28BN5O7P/c1-2-27-7-8-28-6-4-3-5-12-23-13-16(20)21-10-22-17(13)24(12)18-14(25)15-11(30-18)9-29-32(19,26)31-15/h10-11,14-15,18,25-26H,2-9H2,1H3,(H2,20,21,22)/q+1/t11-,14?,15-,18-,32?/m1/s1. The summed E-state index contributed by atoms with van der Waals surface area (Å²) >= 11 is 0. The lowest BCUT2D eigenvalue weighted by Crippen LogP contribution is -2.40. The van der Waals surface area contributed by atoms with E-state index in [9.17, 15) is 10.00 Å². The van der Waals surface area contributed by atoms with Gasteiger partial charge in [-0.15, -0.1) is 0 Å². The summed E-state index contributed by atoms with van der Waals surface area (Å²) in [6.45, 7) is 4.37. The molecule has 0 bridgehead atoms. The van der Waals surface area contributed by atoms with Crippen molar-refractivity contribution in [3.63, 3.8) is 0 Å². The fourth-order valence-corrected chi connectivity index (χ4v) is 4.88. The van der Waals surface area contributed by atoms with Crippen LogP contribution >= 0.6 is 7.82 Å². The van der Waals surface area contributed by atoms with E-state index in [0.717, 1.165) is 12.8 Å². The van der Waals surface area contributed by atoms with E-state index in [4.69, 9.17) is 36.6 Å². The Bertz CT molecular complexity index is 919. The van der Waals surface area contributed by atoms with Gasteiger partial charge < -0.3 is 25.1 Å². The molecule has 0 aromatic carbocycles. The number of aliphatic hydroxyl groups is 1. The maximum Gasteiger partial charge on any atom is 0.488 e. The third kappa shape index (κ3) is 5.05. The van der Waals surface area contributed by atoms with Crippen LogP contribution < -0.4 is 5.73 Å². The zero-order valence-electron chi connectivity index (χ0n) is 17.9. The number of ether oxygens (including phenoxy) is 3. The molecule has 174 valence electrons. The zero-order valence-corrected chi connectivity index (χ0v) is 18.8. The summed E-state index contributed by atoms with van der Waals surface area (Å²) < 4.78 is 29.1. The topological polar surface area (TPSA) is 156 Å². The highest BCUT2D eigenvalue weighted by molar-refractivity contribution is 7.85. The largest absolute Gasteiger partial charge is 0.488 e. The van der Waals surface area contributed by atoms with E-state index < -0.39 is 32.4 Å². The third-order valence-electron chi connectivity index (χ3n) is 5.35. The number of imidazole rings is 1. The summed E-state index contributed by atoms with van der Waals surface area (Å²) in [6.07, 6.45) is 0.118. The van der Waals surface area contributed by atoms with Crippen LogP contribution in [-0.2, 0) is 29.7 Å². The lowest BCUT2D eigenvalue weighted by Gasteiger charge is -2.27. The molecule has 4 rings (SSSR count). The van der Waals surface area contributed by atoms with Crippen molar-refractivity contribution in [3.05, 3.63) is 12.2 Å². The second kappa shape index (κ2) is 10.2. The van der Waals surface area contributed by atoms with Crippen LogP contribution in [-0.4, -0.2) is 88.4 Å². The molecule has 0 amide bonds. The molecule has 2 saturated heterocycles. The Labute approximate surface area is 187 Å². The van der Waals surface area contributed by atoms with E-state index in [1.165, 1.54) is 6.33 Å². The number of nitrogens with two attached hydrogens (primary N) is 1. The zero-order chi connectivity index (χ0) is 22.7. The average Bonchev–Trinajstić information content (AvgIpc) is 3.27. The Kier molecular flexibility index (Phi) is 7.58. The van der Waals surface area contributed by atoms with Crippen LogP contribution in [0.1, 0.15) is 31.8 Å². The third-order valence-corrected chi connectivity index (χ3v) is 6.42. The van der Waals surface area contributed by atoms with Gasteiger partial charge in [0.1, 0.15) is 31.0 Å². The maximum atomic E-state index is 10.9. The quantitative estimate of drug-likeness (QED) is 0.250. The Hall–Kier alpha value is -1.44. The summed E-state index contributed by atoms with van der Waals surface area (Å²) in [7, 11) is 2.13. The predicted octanol–water partition coefficient (Wildman–Crippen LogP) is 0.296. The van der Waals surface area contributed by atoms with Gasteiger partial charge >= 0.3 is 15.4 Å². The number of aromatic nitrogens is 4. The Morgan fingerprint density at radius 3 is 2.91 bits per heavy atom. The molecule has 0 saturated carbocycles. The Morgan fingerprint density at radius 2 is 2.09 bits per heavy atom. The molecule has 2 aliphatic heterocycles. The molecule has 2 aromatic heterocycles. The molecule has 0 aliphatic carbocycles. The summed E-state index contributed by atoms with van der Waals surface area (Å²) in [5.41, 5.74) is 6.88. The molecule has 2 radical (unpaired) electrons. The van der Waals surface area contributed by atoms with Crippen molar-refractivity contribution in [2.45, 2.75) is 50.7 Å². The number of aryl methyl sites for hydroxylation is 1. The minimum atomic E-state index is -3.48. The molecule has 4 N–H and O–H groups in total. The summed E-state index contributed by atoms with van der Waals surface area (Å²) in [5.74, 6) is 0.879. The van der Waals surface area contributed by atoms with Crippen LogP contribution in [0, 0.1) is 0 Å². The highest BCUT2D eigenvalue weighted by Crippen LogP contribution is 2.58. The van der Waals surface area contributed by atoms with Gasteiger partial charge in [-0.1, -0.05) is 0 Å². The monoisotopic (exact) mass is 468 g/mol. The summed E-state index contributed by atoms with van der Waals surface area (Å²) in [5, 5.41) is 10.9. The fourth-order valence-electron chi connectivity index (χ4n) is 3.85. The lowest BCUT2D eigenvalue weighted by atomic mass is 10.1. The molecule has 0 spiro atoms. The number of rotatable bonds is 10. The smallest absolute Gasteiger partial charge is 0.385 e. The van der Waals surface area contributed by atoms with Gasteiger partial charge in [0.15, 0.2) is 29.3 Å². The minimum absolute atomic E-state index is 0.0111. The molecule has 2 unspecified atom stereocenters. The van der Waals surface area contributed by atoms with Crippen LogP contribution in [0.15, 0.2) is 6.33 Å². The van der Waals surface area contributed by atoms with Crippen molar-refractivity contribution in [2.24, 2.45) is 0 Å². The minimum Gasteiger partial charge on any atom is -0.385 e. The number of nitrogen functional groups attached to an aromatic ring is 1.